The van der Waals surface area contributed by atoms with Crippen LogP contribution in [0.5, 0.6) is 0 Å². The maximum atomic E-state index is 14.0. The predicted octanol–water partition coefficient (Wildman–Crippen LogP) is 2.24. The van der Waals surface area contributed by atoms with E-state index in [0.717, 1.165) is 0 Å². The summed E-state index contributed by atoms with van der Waals surface area (Å²) < 4.78 is 52.9. The van der Waals surface area contributed by atoms with Gasteiger partial charge in [0, 0.05) is 37.8 Å². The van der Waals surface area contributed by atoms with Crippen molar-refractivity contribution in [2.24, 2.45) is 0 Å². The standard InChI is InChI=1S/C21H22FN3O6S/c1-2-30-20(26)23-9-11-24(12-10-23)32(28,29)16-7-8-18-19(13-16)31-21(27)25(18)14-15-5-3-4-6-17(15)22/h3-8,13H,2,9-12,14H2,1H3. The van der Waals surface area contributed by atoms with E-state index < -0.39 is 27.7 Å². The molecular weight excluding hydrogens is 441 g/mol. The second-order valence-electron chi connectivity index (χ2n) is 7.27. The van der Waals surface area contributed by atoms with Crippen LogP contribution in [0.4, 0.5) is 9.18 Å². The van der Waals surface area contributed by atoms with E-state index in [4.69, 9.17) is 9.15 Å². The quantitative estimate of drug-likeness (QED) is 0.575. The highest BCUT2D eigenvalue weighted by Gasteiger charge is 2.31. The third-order valence-corrected chi connectivity index (χ3v) is 7.22. The Kier molecular flexibility index (Phi) is 6.02. The third kappa shape index (κ3) is 4.13. The van der Waals surface area contributed by atoms with Crippen molar-refractivity contribution in [1.82, 2.24) is 13.8 Å². The molecule has 170 valence electrons. The molecule has 1 fully saturated rings. The number of hydrogen-bond donors (Lipinski definition) is 0. The number of carbonyl (C=O) groups excluding carboxylic acids is 1. The van der Waals surface area contributed by atoms with Crippen molar-refractivity contribution in [2.45, 2.75) is 18.4 Å². The first-order valence-corrected chi connectivity index (χ1v) is 11.5. The first-order chi connectivity index (χ1) is 15.3. The maximum absolute atomic E-state index is 14.0. The summed E-state index contributed by atoms with van der Waals surface area (Å²) in [6.45, 7) is 2.59. The summed E-state index contributed by atoms with van der Waals surface area (Å²) >= 11 is 0. The van der Waals surface area contributed by atoms with Gasteiger partial charge in [0.05, 0.1) is 23.6 Å². The fraction of sp³-hybridized carbons (Fsp3) is 0.333. The summed E-state index contributed by atoms with van der Waals surface area (Å²) in [5.74, 6) is -1.16. The molecule has 0 spiro atoms. The Labute approximate surface area is 183 Å². The summed E-state index contributed by atoms with van der Waals surface area (Å²) in [6.07, 6.45) is -0.469. The Hall–Kier alpha value is -3.18. The normalized spacial score (nSPS) is 15.2. The fourth-order valence-corrected chi connectivity index (χ4v) is 5.07. The number of rotatable bonds is 5. The smallest absolute Gasteiger partial charge is 0.420 e. The molecule has 11 heteroatoms. The molecule has 0 atom stereocenters. The predicted molar refractivity (Wildman–Crippen MR) is 113 cm³/mol. The minimum Gasteiger partial charge on any atom is -0.450 e. The number of aromatic nitrogens is 1. The molecule has 0 radical (unpaired) electrons. The molecule has 1 amide bonds. The van der Waals surface area contributed by atoms with Crippen molar-refractivity contribution < 1.29 is 26.8 Å². The van der Waals surface area contributed by atoms with Gasteiger partial charge in [-0.15, -0.1) is 0 Å². The second-order valence-corrected chi connectivity index (χ2v) is 9.20. The summed E-state index contributed by atoms with van der Waals surface area (Å²) in [4.78, 5) is 25.6. The molecule has 1 aliphatic heterocycles. The van der Waals surface area contributed by atoms with Crippen molar-refractivity contribution in [1.29, 1.82) is 0 Å². The molecule has 2 heterocycles. The SMILES string of the molecule is CCOC(=O)N1CCN(S(=O)(=O)c2ccc3c(c2)oc(=O)n3Cc2ccccc2F)CC1. The topological polar surface area (TPSA) is 102 Å². The van der Waals surface area contributed by atoms with Crippen LogP contribution in [-0.2, 0) is 21.3 Å². The molecule has 1 aromatic heterocycles. The number of fused-ring (bicyclic) bond motifs is 1. The van der Waals surface area contributed by atoms with Crippen LogP contribution in [0.2, 0.25) is 0 Å². The Bertz CT molecular complexity index is 1310. The van der Waals surface area contributed by atoms with Gasteiger partial charge in [-0.05, 0) is 25.1 Å². The number of sulfonamides is 1. The van der Waals surface area contributed by atoms with Crippen molar-refractivity contribution in [3.63, 3.8) is 0 Å². The largest absolute Gasteiger partial charge is 0.450 e. The van der Waals surface area contributed by atoms with Crippen molar-refractivity contribution in [3.8, 4) is 0 Å². The lowest BCUT2D eigenvalue weighted by atomic mass is 10.2. The van der Waals surface area contributed by atoms with Gasteiger partial charge in [-0.1, -0.05) is 18.2 Å². The van der Waals surface area contributed by atoms with Crippen LogP contribution >= 0.6 is 0 Å². The van der Waals surface area contributed by atoms with Crippen LogP contribution in [0.3, 0.4) is 0 Å². The highest BCUT2D eigenvalue weighted by molar-refractivity contribution is 7.89. The Morgan fingerprint density at radius 1 is 1.12 bits per heavy atom. The van der Waals surface area contributed by atoms with E-state index in [1.165, 1.54) is 38.0 Å². The van der Waals surface area contributed by atoms with Gasteiger partial charge in [0.1, 0.15) is 5.82 Å². The van der Waals surface area contributed by atoms with Crippen molar-refractivity contribution >= 4 is 27.2 Å². The summed E-state index contributed by atoms with van der Waals surface area (Å²) in [5.41, 5.74) is 0.773. The highest BCUT2D eigenvalue weighted by Crippen LogP contribution is 2.23. The van der Waals surface area contributed by atoms with Gasteiger partial charge in [0.15, 0.2) is 5.58 Å². The van der Waals surface area contributed by atoms with Crippen molar-refractivity contribution in [2.75, 3.05) is 32.8 Å². The first-order valence-electron chi connectivity index (χ1n) is 10.1. The molecule has 32 heavy (non-hydrogen) atoms. The average Bonchev–Trinajstić information content (AvgIpc) is 3.10. The summed E-state index contributed by atoms with van der Waals surface area (Å²) in [6, 6.07) is 10.2. The molecule has 2 aromatic carbocycles. The zero-order valence-electron chi connectivity index (χ0n) is 17.4. The Morgan fingerprint density at radius 2 is 1.84 bits per heavy atom. The van der Waals surface area contributed by atoms with E-state index in [1.807, 2.05) is 0 Å². The molecule has 4 rings (SSSR count). The molecule has 0 saturated carbocycles. The number of benzene rings is 2. The number of piperazine rings is 1. The van der Waals surface area contributed by atoms with Crippen molar-refractivity contribution in [3.05, 3.63) is 64.4 Å². The Balaban J connectivity index is 1.57. The molecule has 0 N–H and O–H groups in total. The fourth-order valence-electron chi connectivity index (χ4n) is 3.63. The van der Waals surface area contributed by atoms with E-state index in [0.29, 0.717) is 11.1 Å². The lowest BCUT2D eigenvalue weighted by molar-refractivity contribution is 0.0934. The molecule has 3 aromatic rings. The number of carbonyl (C=O) groups is 1. The van der Waals surface area contributed by atoms with Crippen LogP contribution in [-0.4, -0.2) is 61.1 Å². The van der Waals surface area contributed by atoms with Gasteiger partial charge in [0.2, 0.25) is 10.0 Å². The minimum atomic E-state index is -3.86. The van der Waals surface area contributed by atoms with E-state index in [1.54, 1.807) is 25.1 Å². The number of nitrogens with zero attached hydrogens (tertiary/aromatic N) is 3. The number of amides is 1. The lowest BCUT2D eigenvalue weighted by Crippen LogP contribution is -2.50. The zero-order valence-corrected chi connectivity index (χ0v) is 18.2. The second kappa shape index (κ2) is 8.75. The molecular formula is C21H22FN3O6S. The average molecular weight is 463 g/mol. The van der Waals surface area contributed by atoms with Crippen LogP contribution in [0.25, 0.3) is 11.1 Å². The van der Waals surface area contributed by atoms with Gasteiger partial charge in [-0.2, -0.15) is 4.31 Å². The van der Waals surface area contributed by atoms with E-state index >= 15 is 0 Å². The van der Waals surface area contributed by atoms with Gasteiger partial charge in [-0.25, -0.2) is 22.4 Å². The van der Waals surface area contributed by atoms with Crippen LogP contribution < -0.4 is 5.76 Å². The van der Waals surface area contributed by atoms with E-state index in [9.17, 15) is 22.4 Å². The number of ether oxygens (including phenoxy) is 1. The minimum absolute atomic E-state index is 0.0265. The molecule has 9 nitrogen and oxygen atoms in total. The molecule has 1 aliphatic rings. The summed E-state index contributed by atoms with van der Waals surface area (Å²) in [7, 11) is -3.86. The molecule has 1 saturated heterocycles. The Morgan fingerprint density at radius 3 is 2.53 bits per heavy atom. The van der Waals surface area contributed by atoms with Crippen LogP contribution in [0.1, 0.15) is 12.5 Å². The number of oxazole rings is 1. The van der Waals surface area contributed by atoms with Crippen LogP contribution in [0, 0.1) is 5.82 Å². The number of hydrogen-bond acceptors (Lipinski definition) is 6. The van der Waals surface area contributed by atoms with Gasteiger partial charge in [0.25, 0.3) is 0 Å². The number of halogens is 1. The van der Waals surface area contributed by atoms with E-state index in [-0.39, 0.29) is 49.8 Å². The monoisotopic (exact) mass is 463 g/mol. The van der Waals surface area contributed by atoms with Crippen LogP contribution in [0.15, 0.2) is 56.6 Å². The maximum Gasteiger partial charge on any atom is 0.420 e. The zero-order chi connectivity index (χ0) is 22.9. The van der Waals surface area contributed by atoms with Gasteiger partial charge >= 0.3 is 11.8 Å². The van der Waals surface area contributed by atoms with Gasteiger partial charge in [-0.3, -0.25) is 4.57 Å². The molecule has 0 bridgehead atoms. The van der Waals surface area contributed by atoms with E-state index in [2.05, 4.69) is 0 Å². The lowest BCUT2D eigenvalue weighted by Gasteiger charge is -2.33. The third-order valence-electron chi connectivity index (χ3n) is 5.33. The molecule has 0 aliphatic carbocycles. The molecule has 0 unspecified atom stereocenters. The van der Waals surface area contributed by atoms with Gasteiger partial charge < -0.3 is 14.1 Å². The first kappa shape index (κ1) is 22.0. The summed E-state index contributed by atoms with van der Waals surface area (Å²) in [5, 5.41) is 0. The highest BCUT2D eigenvalue weighted by atomic mass is 32.2.